The Morgan fingerprint density at radius 3 is 2.28 bits per heavy atom. The molecule has 1 aliphatic carbocycles. The highest BCUT2D eigenvalue weighted by Gasteiger charge is 2.26. The summed E-state index contributed by atoms with van der Waals surface area (Å²) in [6.45, 7) is 4.30. The summed E-state index contributed by atoms with van der Waals surface area (Å²) in [7, 11) is 0. The molecule has 0 amide bonds. The normalized spacial score (nSPS) is 38.7. The van der Waals surface area contributed by atoms with Crippen LogP contribution in [0.5, 0.6) is 0 Å². The van der Waals surface area contributed by atoms with Crippen LogP contribution in [0.25, 0.3) is 0 Å². The Morgan fingerprint density at radius 2 is 1.61 bits per heavy atom. The first kappa shape index (κ1) is 12.9. The summed E-state index contributed by atoms with van der Waals surface area (Å²) in [5.74, 6) is 1.62. The van der Waals surface area contributed by atoms with Crippen molar-refractivity contribution in [3.05, 3.63) is 0 Å². The molecule has 3 fully saturated rings. The van der Waals surface area contributed by atoms with Crippen molar-refractivity contribution in [1.29, 1.82) is 0 Å². The van der Waals surface area contributed by atoms with Gasteiger partial charge in [-0.05, 0) is 31.1 Å². The van der Waals surface area contributed by atoms with Crippen molar-refractivity contribution in [1.82, 2.24) is 0 Å². The Kier molecular flexibility index (Phi) is 4.52. The highest BCUT2D eigenvalue weighted by Crippen LogP contribution is 2.31. The number of ether oxygens (including phenoxy) is 4. The number of epoxide rings is 2. The second kappa shape index (κ2) is 6.33. The lowest BCUT2D eigenvalue weighted by molar-refractivity contribution is 0.0329. The maximum absolute atomic E-state index is 5.69. The zero-order valence-electron chi connectivity index (χ0n) is 11.0. The Balaban J connectivity index is 1.21. The summed E-state index contributed by atoms with van der Waals surface area (Å²) in [5.41, 5.74) is 0. The summed E-state index contributed by atoms with van der Waals surface area (Å²) < 4.78 is 21.4. The Hall–Kier alpha value is -0.160. The minimum Gasteiger partial charge on any atom is -0.378 e. The van der Waals surface area contributed by atoms with Gasteiger partial charge in [-0.25, -0.2) is 0 Å². The van der Waals surface area contributed by atoms with E-state index in [9.17, 15) is 0 Å². The molecule has 0 bridgehead atoms. The Labute approximate surface area is 109 Å². The molecular formula is C14H24O4. The monoisotopic (exact) mass is 256 g/mol. The van der Waals surface area contributed by atoms with Crippen LogP contribution in [0.4, 0.5) is 0 Å². The standard InChI is InChI=1S/C14H24O4/c1-3-12(7-15-8-13-9-17-13)4-2-11(1)5-6-16-14-10-18-14/h11-14H,1-10H2. The molecule has 2 aliphatic heterocycles. The van der Waals surface area contributed by atoms with E-state index in [2.05, 4.69) is 0 Å². The predicted octanol–water partition coefficient (Wildman–Crippen LogP) is 1.97. The summed E-state index contributed by atoms with van der Waals surface area (Å²) in [4.78, 5) is 0. The van der Waals surface area contributed by atoms with Crippen LogP contribution >= 0.6 is 0 Å². The molecule has 0 N–H and O–H groups in total. The smallest absolute Gasteiger partial charge is 0.181 e. The molecule has 3 aliphatic rings. The van der Waals surface area contributed by atoms with Gasteiger partial charge in [0, 0.05) is 6.61 Å². The topological polar surface area (TPSA) is 43.5 Å². The third-order valence-corrected chi connectivity index (χ3v) is 4.16. The lowest BCUT2D eigenvalue weighted by Crippen LogP contribution is -2.20. The van der Waals surface area contributed by atoms with Crippen LogP contribution in [-0.4, -0.2) is 45.4 Å². The predicted molar refractivity (Wildman–Crippen MR) is 66.3 cm³/mol. The van der Waals surface area contributed by atoms with E-state index in [1.807, 2.05) is 0 Å². The van der Waals surface area contributed by atoms with Gasteiger partial charge in [-0.2, -0.15) is 0 Å². The van der Waals surface area contributed by atoms with Crippen molar-refractivity contribution in [2.75, 3.05) is 33.0 Å². The first-order valence-corrected chi connectivity index (χ1v) is 7.32. The van der Waals surface area contributed by atoms with Crippen molar-refractivity contribution in [3.8, 4) is 0 Å². The van der Waals surface area contributed by atoms with E-state index in [1.165, 1.54) is 32.1 Å². The van der Waals surface area contributed by atoms with Crippen molar-refractivity contribution >= 4 is 0 Å². The van der Waals surface area contributed by atoms with Gasteiger partial charge in [-0.3, -0.25) is 0 Å². The molecule has 18 heavy (non-hydrogen) atoms. The molecule has 0 aromatic carbocycles. The summed E-state index contributed by atoms with van der Waals surface area (Å²) in [6.07, 6.45) is 7.03. The molecular weight excluding hydrogens is 232 g/mol. The minimum absolute atomic E-state index is 0.124. The van der Waals surface area contributed by atoms with Crippen molar-refractivity contribution in [2.45, 2.75) is 44.5 Å². The Morgan fingerprint density at radius 1 is 0.889 bits per heavy atom. The molecule has 4 nitrogen and oxygen atoms in total. The summed E-state index contributed by atoms with van der Waals surface area (Å²) in [6, 6.07) is 0. The lowest BCUT2D eigenvalue weighted by atomic mass is 9.81. The minimum atomic E-state index is 0.124. The molecule has 2 heterocycles. The van der Waals surface area contributed by atoms with Gasteiger partial charge in [0.2, 0.25) is 0 Å². The molecule has 3 rings (SSSR count). The third kappa shape index (κ3) is 4.50. The second-order valence-corrected chi connectivity index (χ2v) is 5.80. The third-order valence-electron chi connectivity index (χ3n) is 4.16. The lowest BCUT2D eigenvalue weighted by Gasteiger charge is -2.28. The Bertz CT molecular complexity index is 216. The van der Waals surface area contributed by atoms with Crippen molar-refractivity contribution < 1.29 is 18.9 Å². The molecule has 0 spiro atoms. The molecule has 1 saturated carbocycles. The van der Waals surface area contributed by atoms with Crippen LogP contribution in [0.3, 0.4) is 0 Å². The molecule has 0 aromatic heterocycles. The van der Waals surface area contributed by atoms with E-state index in [4.69, 9.17) is 18.9 Å². The van der Waals surface area contributed by atoms with Gasteiger partial charge >= 0.3 is 0 Å². The van der Waals surface area contributed by atoms with E-state index >= 15 is 0 Å². The summed E-state index contributed by atoms with van der Waals surface area (Å²) in [5, 5.41) is 0. The molecule has 104 valence electrons. The maximum atomic E-state index is 5.69. The molecule has 4 heteroatoms. The average Bonchev–Trinajstić information content (AvgIpc) is 3.25. The van der Waals surface area contributed by atoms with Gasteiger partial charge in [-0.1, -0.05) is 12.8 Å². The largest absolute Gasteiger partial charge is 0.378 e. The fraction of sp³-hybridized carbons (Fsp3) is 1.00. The van der Waals surface area contributed by atoms with Gasteiger partial charge in [0.25, 0.3) is 0 Å². The van der Waals surface area contributed by atoms with Crippen LogP contribution in [-0.2, 0) is 18.9 Å². The van der Waals surface area contributed by atoms with Gasteiger partial charge in [0.15, 0.2) is 6.29 Å². The molecule has 2 unspecified atom stereocenters. The molecule has 2 saturated heterocycles. The van der Waals surface area contributed by atoms with Crippen molar-refractivity contribution in [2.24, 2.45) is 11.8 Å². The van der Waals surface area contributed by atoms with Gasteiger partial charge in [0.05, 0.1) is 19.8 Å². The van der Waals surface area contributed by atoms with E-state index in [0.29, 0.717) is 6.10 Å². The van der Waals surface area contributed by atoms with E-state index in [0.717, 1.165) is 44.9 Å². The zero-order chi connectivity index (χ0) is 12.2. The SMILES string of the molecule is C(CC1CCC(COCC2CO2)CC1)OC1CO1. The summed E-state index contributed by atoms with van der Waals surface area (Å²) >= 11 is 0. The van der Waals surface area contributed by atoms with Crippen LogP contribution in [0.2, 0.25) is 0 Å². The van der Waals surface area contributed by atoms with Gasteiger partial charge in [-0.15, -0.1) is 0 Å². The number of hydrogen-bond donors (Lipinski definition) is 0. The fourth-order valence-corrected chi connectivity index (χ4v) is 2.72. The van der Waals surface area contributed by atoms with Crippen LogP contribution < -0.4 is 0 Å². The molecule has 0 aromatic rings. The highest BCUT2D eigenvalue weighted by atomic mass is 16.8. The quantitative estimate of drug-likeness (QED) is 0.623. The number of hydrogen-bond acceptors (Lipinski definition) is 4. The van der Waals surface area contributed by atoms with E-state index in [-0.39, 0.29) is 6.29 Å². The first-order valence-electron chi connectivity index (χ1n) is 7.32. The highest BCUT2D eigenvalue weighted by molar-refractivity contribution is 4.73. The second-order valence-electron chi connectivity index (χ2n) is 5.80. The van der Waals surface area contributed by atoms with E-state index in [1.54, 1.807) is 0 Å². The van der Waals surface area contributed by atoms with Crippen LogP contribution in [0.15, 0.2) is 0 Å². The fourth-order valence-electron chi connectivity index (χ4n) is 2.72. The van der Waals surface area contributed by atoms with Crippen molar-refractivity contribution in [3.63, 3.8) is 0 Å². The van der Waals surface area contributed by atoms with Gasteiger partial charge in [0.1, 0.15) is 12.7 Å². The number of rotatable bonds is 8. The van der Waals surface area contributed by atoms with Crippen LogP contribution in [0.1, 0.15) is 32.1 Å². The first-order chi connectivity index (χ1) is 8.90. The van der Waals surface area contributed by atoms with Crippen LogP contribution in [0, 0.1) is 11.8 Å². The molecule has 0 radical (unpaired) electrons. The average molecular weight is 256 g/mol. The molecule has 2 atom stereocenters. The maximum Gasteiger partial charge on any atom is 0.181 e. The van der Waals surface area contributed by atoms with E-state index < -0.39 is 0 Å². The zero-order valence-corrected chi connectivity index (χ0v) is 11.0. The van der Waals surface area contributed by atoms with Gasteiger partial charge < -0.3 is 18.9 Å².